The fourth-order valence-electron chi connectivity index (χ4n) is 1.53. The molecule has 7 heteroatoms. The molecular weight excluding hydrogens is 284 g/mol. The number of pyridine rings is 1. The van der Waals surface area contributed by atoms with Crippen LogP contribution in [0.3, 0.4) is 0 Å². The van der Waals surface area contributed by atoms with Crippen molar-refractivity contribution >= 4 is 46.3 Å². The highest BCUT2D eigenvalue weighted by atomic mass is 32.2. The van der Waals surface area contributed by atoms with Crippen LogP contribution in [0, 0.1) is 0 Å². The first-order valence-corrected chi connectivity index (χ1v) is 6.61. The Morgan fingerprint density at radius 2 is 2.16 bits per heavy atom. The molecule has 0 N–H and O–H groups in total. The van der Waals surface area contributed by atoms with Crippen molar-refractivity contribution in [3.8, 4) is 0 Å². The number of aromatic nitrogens is 1. The Hall–Kier alpha value is -1.73. The zero-order valence-corrected chi connectivity index (χ0v) is 11.5. The SMILES string of the molecule is CC(C(=O)[O-])N1C(=O)C(=Cc2ccncc2)SC1=S. The predicted octanol–water partition coefficient (Wildman–Crippen LogP) is 0.421. The Morgan fingerprint density at radius 1 is 1.53 bits per heavy atom. The second kappa shape index (κ2) is 5.50. The van der Waals surface area contributed by atoms with E-state index in [4.69, 9.17) is 12.2 Å². The number of amides is 1. The van der Waals surface area contributed by atoms with Crippen LogP contribution in [0.25, 0.3) is 6.08 Å². The van der Waals surface area contributed by atoms with Gasteiger partial charge in [0.1, 0.15) is 4.32 Å². The molecule has 0 saturated carbocycles. The third-order valence-electron chi connectivity index (χ3n) is 2.56. The monoisotopic (exact) mass is 293 g/mol. The minimum Gasteiger partial charge on any atom is -0.548 e. The Bertz CT molecular complexity index is 572. The van der Waals surface area contributed by atoms with Gasteiger partial charge in [-0.05, 0) is 30.7 Å². The van der Waals surface area contributed by atoms with E-state index in [1.165, 1.54) is 6.92 Å². The smallest absolute Gasteiger partial charge is 0.266 e. The molecule has 2 heterocycles. The lowest BCUT2D eigenvalue weighted by atomic mass is 10.2. The normalized spacial score (nSPS) is 19.0. The molecule has 2 rings (SSSR count). The van der Waals surface area contributed by atoms with Crippen LogP contribution in [0.15, 0.2) is 29.4 Å². The summed E-state index contributed by atoms with van der Waals surface area (Å²) in [5, 5.41) is 10.8. The van der Waals surface area contributed by atoms with Crippen LogP contribution in [-0.4, -0.2) is 32.1 Å². The van der Waals surface area contributed by atoms with Gasteiger partial charge in [0.25, 0.3) is 5.91 Å². The molecular formula is C12H9N2O3S2-. The molecule has 1 saturated heterocycles. The minimum absolute atomic E-state index is 0.224. The number of thioether (sulfide) groups is 1. The zero-order valence-electron chi connectivity index (χ0n) is 9.90. The number of carbonyl (C=O) groups excluding carboxylic acids is 2. The number of thiocarbonyl (C=S) groups is 1. The van der Waals surface area contributed by atoms with Gasteiger partial charge in [-0.2, -0.15) is 0 Å². The van der Waals surface area contributed by atoms with Crippen LogP contribution in [0.4, 0.5) is 0 Å². The van der Waals surface area contributed by atoms with E-state index in [1.54, 1.807) is 30.6 Å². The number of carbonyl (C=O) groups is 2. The quantitative estimate of drug-likeness (QED) is 0.594. The molecule has 1 aliphatic rings. The molecule has 0 spiro atoms. The first kappa shape index (κ1) is 13.7. The van der Waals surface area contributed by atoms with Gasteiger partial charge in [0.15, 0.2) is 0 Å². The number of rotatable bonds is 3. The summed E-state index contributed by atoms with van der Waals surface area (Å²) in [6.07, 6.45) is 4.87. The maximum atomic E-state index is 12.1. The van der Waals surface area contributed by atoms with Crippen molar-refractivity contribution in [3.05, 3.63) is 35.0 Å². The van der Waals surface area contributed by atoms with E-state index in [0.29, 0.717) is 4.91 Å². The lowest BCUT2D eigenvalue weighted by Gasteiger charge is -2.23. The van der Waals surface area contributed by atoms with Crippen molar-refractivity contribution in [1.82, 2.24) is 9.88 Å². The summed E-state index contributed by atoms with van der Waals surface area (Å²) >= 11 is 6.11. The molecule has 1 aromatic heterocycles. The fraction of sp³-hybridized carbons (Fsp3) is 0.167. The third-order valence-corrected chi connectivity index (χ3v) is 3.89. The van der Waals surface area contributed by atoms with E-state index in [-0.39, 0.29) is 4.32 Å². The number of hydrogen-bond donors (Lipinski definition) is 0. The Kier molecular flexibility index (Phi) is 3.96. The summed E-state index contributed by atoms with van der Waals surface area (Å²) in [4.78, 5) is 28.3. The molecule has 19 heavy (non-hydrogen) atoms. The largest absolute Gasteiger partial charge is 0.548 e. The first-order chi connectivity index (χ1) is 9.00. The van der Waals surface area contributed by atoms with Crippen molar-refractivity contribution in [2.45, 2.75) is 13.0 Å². The average molecular weight is 293 g/mol. The first-order valence-electron chi connectivity index (χ1n) is 5.38. The van der Waals surface area contributed by atoms with Crippen molar-refractivity contribution in [3.63, 3.8) is 0 Å². The molecule has 0 aliphatic carbocycles. The van der Waals surface area contributed by atoms with Gasteiger partial charge < -0.3 is 9.90 Å². The van der Waals surface area contributed by atoms with Crippen molar-refractivity contribution in [2.24, 2.45) is 0 Å². The van der Waals surface area contributed by atoms with Crippen molar-refractivity contribution in [2.75, 3.05) is 0 Å². The van der Waals surface area contributed by atoms with E-state index in [9.17, 15) is 14.7 Å². The number of aliphatic carboxylic acids is 1. The third kappa shape index (κ3) is 2.82. The Morgan fingerprint density at radius 3 is 2.74 bits per heavy atom. The molecule has 1 atom stereocenters. The van der Waals surface area contributed by atoms with Gasteiger partial charge in [-0.25, -0.2) is 0 Å². The van der Waals surface area contributed by atoms with Crippen LogP contribution in [0.1, 0.15) is 12.5 Å². The topological polar surface area (TPSA) is 73.3 Å². The van der Waals surface area contributed by atoms with E-state index in [0.717, 1.165) is 22.2 Å². The van der Waals surface area contributed by atoms with E-state index >= 15 is 0 Å². The fourth-order valence-corrected chi connectivity index (χ4v) is 2.95. The highest BCUT2D eigenvalue weighted by Gasteiger charge is 2.35. The lowest BCUT2D eigenvalue weighted by molar-refractivity contribution is -0.309. The molecule has 98 valence electrons. The molecule has 1 aromatic rings. The maximum absolute atomic E-state index is 12.1. The van der Waals surface area contributed by atoms with Gasteiger partial charge in [0, 0.05) is 12.4 Å². The summed E-state index contributed by atoms with van der Waals surface area (Å²) in [6, 6.07) is 2.42. The van der Waals surface area contributed by atoms with Crippen LogP contribution in [-0.2, 0) is 9.59 Å². The summed E-state index contributed by atoms with van der Waals surface area (Å²) < 4.78 is 0.224. The zero-order chi connectivity index (χ0) is 14.0. The molecule has 5 nitrogen and oxygen atoms in total. The van der Waals surface area contributed by atoms with E-state index in [2.05, 4.69) is 4.98 Å². The summed E-state index contributed by atoms with van der Waals surface area (Å²) in [6.45, 7) is 1.37. The van der Waals surface area contributed by atoms with Gasteiger partial charge in [-0.15, -0.1) is 0 Å². The van der Waals surface area contributed by atoms with Gasteiger partial charge in [-0.1, -0.05) is 24.0 Å². The van der Waals surface area contributed by atoms with Crippen LogP contribution in [0.2, 0.25) is 0 Å². The second-order valence-electron chi connectivity index (χ2n) is 3.83. The number of hydrogen-bond acceptors (Lipinski definition) is 6. The molecule has 1 unspecified atom stereocenters. The van der Waals surface area contributed by atoms with Crippen molar-refractivity contribution in [1.29, 1.82) is 0 Å². The van der Waals surface area contributed by atoms with Crippen LogP contribution >= 0.6 is 24.0 Å². The number of carboxylic acids is 1. The summed E-state index contributed by atoms with van der Waals surface area (Å²) in [5.74, 6) is -1.75. The highest BCUT2D eigenvalue weighted by molar-refractivity contribution is 8.26. The van der Waals surface area contributed by atoms with Crippen molar-refractivity contribution < 1.29 is 14.7 Å². The molecule has 0 aromatic carbocycles. The summed E-state index contributed by atoms with van der Waals surface area (Å²) in [5.41, 5.74) is 0.802. The van der Waals surface area contributed by atoms with Gasteiger partial charge in [0.2, 0.25) is 0 Å². The lowest BCUT2D eigenvalue weighted by Crippen LogP contribution is -2.48. The molecule has 1 fully saturated rings. The second-order valence-corrected chi connectivity index (χ2v) is 5.50. The van der Waals surface area contributed by atoms with Gasteiger partial charge in [0.05, 0.1) is 16.9 Å². The Balaban J connectivity index is 2.28. The standard InChI is InChI=1S/C12H10N2O3S2/c1-7(11(16)17)14-10(15)9(19-12(14)18)6-8-2-4-13-5-3-8/h2-7H,1H3,(H,16,17)/p-1. The van der Waals surface area contributed by atoms with Crippen LogP contribution in [0.5, 0.6) is 0 Å². The maximum Gasteiger partial charge on any atom is 0.266 e. The van der Waals surface area contributed by atoms with Gasteiger partial charge >= 0.3 is 0 Å². The summed E-state index contributed by atoms with van der Waals surface area (Å²) in [7, 11) is 0. The van der Waals surface area contributed by atoms with E-state index in [1.807, 2.05) is 0 Å². The van der Waals surface area contributed by atoms with Gasteiger partial charge in [-0.3, -0.25) is 14.7 Å². The molecule has 0 bridgehead atoms. The molecule has 1 aliphatic heterocycles. The molecule has 0 radical (unpaired) electrons. The number of nitrogens with zero attached hydrogens (tertiary/aromatic N) is 2. The molecule has 1 amide bonds. The van der Waals surface area contributed by atoms with E-state index < -0.39 is 17.9 Å². The predicted molar refractivity (Wildman–Crippen MR) is 73.7 cm³/mol. The van der Waals surface area contributed by atoms with Crippen LogP contribution < -0.4 is 5.11 Å². The number of carboxylic acid groups (broad SMARTS) is 1. The Labute approximate surface area is 119 Å². The highest BCUT2D eigenvalue weighted by Crippen LogP contribution is 2.33. The average Bonchev–Trinajstić information content (AvgIpc) is 2.65. The minimum atomic E-state index is -1.33.